The second-order valence-corrected chi connectivity index (χ2v) is 10.1. The van der Waals surface area contributed by atoms with Crippen LogP contribution < -0.4 is 10.1 Å². The summed E-state index contributed by atoms with van der Waals surface area (Å²) >= 11 is 0. The SMILES string of the molecule is C=C1CCC(N2Cc3c(OCc4ccc(Cn5cc(-c6ccccc6)nc5C)cc4)cccc3C2=O)C(=O)N1. The molecule has 0 aliphatic carbocycles. The minimum Gasteiger partial charge on any atom is -0.489 e. The van der Waals surface area contributed by atoms with Crippen molar-refractivity contribution < 1.29 is 14.3 Å². The van der Waals surface area contributed by atoms with Gasteiger partial charge < -0.3 is 19.5 Å². The van der Waals surface area contributed by atoms with E-state index < -0.39 is 6.04 Å². The summed E-state index contributed by atoms with van der Waals surface area (Å²) in [5, 5.41) is 2.78. The van der Waals surface area contributed by atoms with Crippen LogP contribution in [0.1, 0.15) is 45.7 Å². The summed E-state index contributed by atoms with van der Waals surface area (Å²) in [6.45, 7) is 7.34. The van der Waals surface area contributed by atoms with Crippen LogP contribution in [0, 0.1) is 6.92 Å². The summed E-state index contributed by atoms with van der Waals surface area (Å²) in [6, 6.07) is 23.6. The first-order chi connectivity index (χ1) is 19.0. The lowest BCUT2D eigenvalue weighted by Crippen LogP contribution is -2.49. The Morgan fingerprint density at radius 3 is 2.54 bits per heavy atom. The fourth-order valence-corrected chi connectivity index (χ4v) is 5.29. The smallest absolute Gasteiger partial charge is 0.255 e. The maximum Gasteiger partial charge on any atom is 0.255 e. The van der Waals surface area contributed by atoms with Crippen molar-refractivity contribution in [3.8, 4) is 17.0 Å². The molecule has 1 unspecified atom stereocenters. The molecule has 1 saturated heterocycles. The standard InChI is InChI=1S/C32H30N4O3/c1-21-11-16-29(31(37)33-21)36-18-27-26(32(36)38)9-6-10-30(27)39-20-24-14-12-23(13-15-24)17-35-19-28(34-22(35)2)25-7-4-3-5-8-25/h3-10,12-15,19,29H,1,11,16-18,20H2,2H3,(H,33,37). The second kappa shape index (κ2) is 10.3. The molecule has 0 spiro atoms. The Kier molecular flexibility index (Phi) is 6.49. The minimum atomic E-state index is -0.487. The number of aromatic nitrogens is 2. The lowest BCUT2D eigenvalue weighted by molar-refractivity contribution is -0.126. The molecule has 39 heavy (non-hydrogen) atoms. The van der Waals surface area contributed by atoms with E-state index in [0.29, 0.717) is 43.0 Å². The van der Waals surface area contributed by atoms with Crippen LogP contribution in [0.4, 0.5) is 0 Å². The second-order valence-electron chi connectivity index (χ2n) is 10.1. The van der Waals surface area contributed by atoms with Gasteiger partial charge in [-0.1, -0.05) is 67.2 Å². The minimum absolute atomic E-state index is 0.127. The molecular formula is C32H30N4O3. The molecule has 0 bridgehead atoms. The van der Waals surface area contributed by atoms with Crippen LogP contribution in [-0.2, 0) is 24.5 Å². The molecule has 1 fully saturated rings. The first-order valence-electron chi connectivity index (χ1n) is 13.2. The van der Waals surface area contributed by atoms with Gasteiger partial charge in [0, 0.05) is 35.1 Å². The summed E-state index contributed by atoms with van der Waals surface area (Å²) in [7, 11) is 0. The zero-order chi connectivity index (χ0) is 26.9. The van der Waals surface area contributed by atoms with Gasteiger partial charge in [-0.3, -0.25) is 9.59 Å². The summed E-state index contributed by atoms with van der Waals surface area (Å²) < 4.78 is 8.34. The van der Waals surface area contributed by atoms with Crippen molar-refractivity contribution in [1.82, 2.24) is 19.8 Å². The van der Waals surface area contributed by atoms with Gasteiger partial charge in [0.05, 0.1) is 12.2 Å². The van der Waals surface area contributed by atoms with Gasteiger partial charge in [-0.15, -0.1) is 0 Å². The first kappa shape index (κ1) is 24.7. The molecule has 1 N–H and O–H groups in total. The van der Waals surface area contributed by atoms with Crippen molar-refractivity contribution in [1.29, 1.82) is 0 Å². The third kappa shape index (κ3) is 4.95. The number of ether oxygens (including phenoxy) is 1. The molecule has 2 aliphatic rings. The first-order valence-corrected chi connectivity index (χ1v) is 13.2. The molecule has 196 valence electrons. The highest BCUT2D eigenvalue weighted by Gasteiger charge is 2.39. The number of piperidine rings is 1. The number of fused-ring (bicyclic) bond motifs is 1. The van der Waals surface area contributed by atoms with Crippen LogP contribution >= 0.6 is 0 Å². The Hall–Kier alpha value is -4.65. The average molecular weight is 519 g/mol. The average Bonchev–Trinajstić information content (AvgIpc) is 3.48. The Bertz CT molecular complexity index is 1560. The number of nitrogens with one attached hydrogen (secondary N) is 1. The van der Waals surface area contributed by atoms with E-state index in [2.05, 4.69) is 59.1 Å². The number of benzene rings is 3. The van der Waals surface area contributed by atoms with Crippen molar-refractivity contribution in [2.24, 2.45) is 0 Å². The van der Waals surface area contributed by atoms with E-state index >= 15 is 0 Å². The maximum absolute atomic E-state index is 13.1. The molecule has 7 heteroatoms. The van der Waals surface area contributed by atoms with Gasteiger partial charge in [-0.05, 0) is 43.0 Å². The number of allylic oxidation sites excluding steroid dienone is 1. The largest absolute Gasteiger partial charge is 0.489 e. The monoisotopic (exact) mass is 518 g/mol. The number of hydrogen-bond acceptors (Lipinski definition) is 4. The van der Waals surface area contributed by atoms with Crippen LogP contribution in [0.25, 0.3) is 11.3 Å². The van der Waals surface area contributed by atoms with E-state index in [1.807, 2.05) is 37.3 Å². The number of hydrogen-bond donors (Lipinski definition) is 1. The van der Waals surface area contributed by atoms with Crippen molar-refractivity contribution in [2.75, 3.05) is 0 Å². The molecule has 0 saturated carbocycles. The lowest BCUT2D eigenvalue weighted by Gasteiger charge is -2.31. The van der Waals surface area contributed by atoms with E-state index in [-0.39, 0.29) is 11.8 Å². The fourth-order valence-electron chi connectivity index (χ4n) is 5.29. The van der Waals surface area contributed by atoms with E-state index in [9.17, 15) is 9.59 Å². The van der Waals surface area contributed by atoms with Gasteiger partial charge in [0.2, 0.25) is 5.91 Å². The van der Waals surface area contributed by atoms with Crippen molar-refractivity contribution in [3.05, 3.63) is 119 Å². The predicted octanol–water partition coefficient (Wildman–Crippen LogP) is 5.23. The zero-order valence-corrected chi connectivity index (χ0v) is 21.9. The van der Waals surface area contributed by atoms with E-state index in [1.165, 1.54) is 5.56 Å². The fraction of sp³-hybridized carbons (Fsp3) is 0.219. The molecule has 4 aromatic rings. The number of rotatable bonds is 7. The molecule has 3 aromatic carbocycles. The number of carbonyl (C=O) groups excluding carboxylic acids is 2. The van der Waals surface area contributed by atoms with Gasteiger partial charge in [-0.2, -0.15) is 0 Å². The third-order valence-electron chi connectivity index (χ3n) is 7.47. The third-order valence-corrected chi connectivity index (χ3v) is 7.47. The molecule has 2 aliphatic heterocycles. The molecule has 0 radical (unpaired) electrons. The molecule has 6 rings (SSSR count). The Morgan fingerprint density at radius 2 is 1.77 bits per heavy atom. The lowest BCUT2D eigenvalue weighted by atomic mass is 10.0. The van der Waals surface area contributed by atoms with E-state index in [1.54, 1.807) is 11.0 Å². The number of carbonyl (C=O) groups is 2. The molecule has 2 amide bonds. The summed E-state index contributed by atoms with van der Waals surface area (Å²) in [5.41, 5.74) is 6.43. The molecule has 1 aromatic heterocycles. The molecule has 7 nitrogen and oxygen atoms in total. The highest BCUT2D eigenvalue weighted by Crippen LogP contribution is 2.34. The summed E-state index contributed by atoms with van der Waals surface area (Å²) in [4.78, 5) is 32.0. The molecule has 3 heterocycles. The van der Waals surface area contributed by atoms with Gasteiger partial charge in [0.15, 0.2) is 0 Å². The predicted molar refractivity (Wildman–Crippen MR) is 149 cm³/mol. The van der Waals surface area contributed by atoms with Crippen LogP contribution in [0.15, 0.2) is 91.3 Å². The number of amides is 2. The van der Waals surface area contributed by atoms with Gasteiger partial charge in [-0.25, -0.2) is 4.98 Å². The van der Waals surface area contributed by atoms with Crippen molar-refractivity contribution in [3.63, 3.8) is 0 Å². The highest BCUT2D eigenvalue weighted by molar-refractivity contribution is 6.02. The Labute approximate surface area is 227 Å². The van der Waals surface area contributed by atoms with E-state index in [0.717, 1.165) is 34.8 Å². The van der Waals surface area contributed by atoms with Crippen LogP contribution in [0.3, 0.4) is 0 Å². The van der Waals surface area contributed by atoms with Crippen molar-refractivity contribution >= 4 is 11.8 Å². The topological polar surface area (TPSA) is 76.5 Å². The van der Waals surface area contributed by atoms with Gasteiger partial charge >= 0.3 is 0 Å². The van der Waals surface area contributed by atoms with Crippen LogP contribution in [-0.4, -0.2) is 32.3 Å². The van der Waals surface area contributed by atoms with Crippen LogP contribution in [0.2, 0.25) is 0 Å². The zero-order valence-electron chi connectivity index (χ0n) is 21.9. The van der Waals surface area contributed by atoms with E-state index in [4.69, 9.17) is 9.72 Å². The number of aryl methyl sites for hydroxylation is 1. The maximum atomic E-state index is 13.1. The molecular weight excluding hydrogens is 488 g/mol. The highest BCUT2D eigenvalue weighted by atomic mass is 16.5. The van der Waals surface area contributed by atoms with Crippen molar-refractivity contribution in [2.45, 2.75) is 45.5 Å². The number of nitrogens with zero attached hydrogens (tertiary/aromatic N) is 3. The quantitative estimate of drug-likeness (QED) is 0.363. The Balaban J connectivity index is 1.11. The molecule has 1 atom stereocenters. The normalized spacial score (nSPS) is 16.8. The van der Waals surface area contributed by atoms with Crippen LogP contribution in [0.5, 0.6) is 5.75 Å². The van der Waals surface area contributed by atoms with Gasteiger partial charge in [0.1, 0.15) is 24.2 Å². The summed E-state index contributed by atoms with van der Waals surface area (Å²) in [5.74, 6) is 1.35. The van der Waals surface area contributed by atoms with Gasteiger partial charge in [0.25, 0.3) is 5.91 Å². The number of imidazole rings is 1. The summed E-state index contributed by atoms with van der Waals surface area (Å²) in [6.07, 6.45) is 3.35. The Morgan fingerprint density at radius 1 is 1.00 bits per heavy atom.